The Morgan fingerprint density at radius 1 is 1.33 bits per heavy atom. The normalized spacial score (nSPS) is 27.2. The lowest BCUT2D eigenvalue weighted by Crippen LogP contribution is -2.62. The van der Waals surface area contributed by atoms with Crippen molar-refractivity contribution in [2.45, 2.75) is 58.7 Å². The Labute approximate surface area is 129 Å². The van der Waals surface area contributed by atoms with Crippen molar-refractivity contribution >= 4 is 0 Å². The fourth-order valence-electron chi connectivity index (χ4n) is 3.16. The maximum Gasteiger partial charge on any atom is 0.115 e. The molecule has 1 aliphatic rings. The molecule has 1 aliphatic heterocycles. The standard InChI is InChI=1S/C18H30N2O/c1-5-18(4)13-20(16(11-19-18)10-14(2)3)12-15-6-8-17(21)9-7-15/h6-9,14,16,19,21H,5,10-13H2,1-4H3. The molecule has 21 heavy (non-hydrogen) atoms. The van der Waals surface area contributed by atoms with Crippen molar-refractivity contribution in [3.05, 3.63) is 29.8 Å². The van der Waals surface area contributed by atoms with E-state index < -0.39 is 0 Å². The van der Waals surface area contributed by atoms with Crippen LogP contribution in [0.15, 0.2) is 24.3 Å². The Kier molecular flexibility index (Phi) is 5.28. The molecular weight excluding hydrogens is 260 g/mol. The number of phenols is 1. The van der Waals surface area contributed by atoms with Crippen LogP contribution in [0.2, 0.25) is 0 Å². The molecule has 2 atom stereocenters. The Balaban J connectivity index is 2.10. The summed E-state index contributed by atoms with van der Waals surface area (Å²) in [5.74, 6) is 1.06. The average molecular weight is 290 g/mol. The van der Waals surface area contributed by atoms with E-state index in [0.717, 1.165) is 26.1 Å². The molecule has 0 radical (unpaired) electrons. The first-order chi connectivity index (χ1) is 9.92. The lowest BCUT2D eigenvalue weighted by atomic mass is 9.90. The van der Waals surface area contributed by atoms with Gasteiger partial charge >= 0.3 is 0 Å². The van der Waals surface area contributed by atoms with Crippen molar-refractivity contribution in [3.63, 3.8) is 0 Å². The molecule has 2 unspecified atom stereocenters. The van der Waals surface area contributed by atoms with Crippen LogP contribution in [0.1, 0.15) is 46.1 Å². The molecule has 3 heteroatoms. The number of benzene rings is 1. The molecule has 0 saturated carbocycles. The van der Waals surface area contributed by atoms with Crippen LogP contribution in [-0.2, 0) is 6.54 Å². The summed E-state index contributed by atoms with van der Waals surface area (Å²) in [6, 6.07) is 8.24. The largest absolute Gasteiger partial charge is 0.508 e. The van der Waals surface area contributed by atoms with Crippen molar-refractivity contribution in [2.24, 2.45) is 5.92 Å². The van der Waals surface area contributed by atoms with Gasteiger partial charge in [-0.1, -0.05) is 32.9 Å². The molecule has 1 fully saturated rings. The zero-order chi connectivity index (χ0) is 15.5. The highest BCUT2D eigenvalue weighted by Crippen LogP contribution is 2.24. The number of nitrogens with zero attached hydrogens (tertiary/aromatic N) is 1. The highest BCUT2D eigenvalue weighted by Gasteiger charge is 2.34. The van der Waals surface area contributed by atoms with Gasteiger partial charge in [0.1, 0.15) is 5.75 Å². The smallest absolute Gasteiger partial charge is 0.115 e. The summed E-state index contributed by atoms with van der Waals surface area (Å²) in [7, 11) is 0. The molecule has 2 rings (SSSR count). The SMILES string of the molecule is CCC1(C)CN(Cc2ccc(O)cc2)C(CC(C)C)CN1. The van der Waals surface area contributed by atoms with Crippen LogP contribution in [-0.4, -0.2) is 34.7 Å². The number of piperazine rings is 1. The van der Waals surface area contributed by atoms with Crippen LogP contribution in [0, 0.1) is 5.92 Å². The zero-order valence-corrected chi connectivity index (χ0v) is 13.9. The first-order valence-corrected chi connectivity index (χ1v) is 8.19. The van der Waals surface area contributed by atoms with Gasteiger partial charge in [-0.3, -0.25) is 4.90 Å². The predicted molar refractivity (Wildman–Crippen MR) is 88.5 cm³/mol. The van der Waals surface area contributed by atoms with Crippen molar-refractivity contribution < 1.29 is 5.11 Å². The molecule has 0 aromatic heterocycles. The Bertz CT molecular complexity index is 443. The second-order valence-corrected chi connectivity index (χ2v) is 7.15. The number of rotatable bonds is 5. The Morgan fingerprint density at radius 2 is 2.00 bits per heavy atom. The van der Waals surface area contributed by atoms with E-state index in [2.05, 4.69) is 37.9 Å². The second-order valence-electron chi connectivity index (χ2n) is 7.15. The minimum absolute atomic E-state index is 0.213. The molecular formula is C18H30N2O. The summed E-state index contributed by atoms with van der Waals surface area (Å²) in [5.41, 5.74) is 1.49. The monoisotopic (exact) mass is 290 g/mol. The lowest BCUT2D eigenvalue weighted by Gasteiger charge is -2.46. The van der Waals surface area contributed by atoms with E-state index in [4.69, 9.17) is 0 Å². The molecule has 0 spiro atoms. The van der Waals surface area contributed by atoms with E-state index in [1.54, 1.807) is 12.1 Å². The van der Waals surface area contributed by atoms with Gasteiger partial charge in [0.2, 0.25) is 0 Å². The molecule has 0 amide bonds. The van der Waals surface area contributed by atoms with Gasteiger partial charge in [-0.05, 0) is 43.4 Å². The molecule has 2 N–H and O–H groups in total. The molecule has 1 aromatic carbocycles. The van der Waals surface area contributed by atoms with Crippen LogP contribution >= 0.6 is 0 Å². The zero-order valence-electron chi connectivity index (χ0n) is 13.9. The first kappa shape index (κ1) is 16.3. The summed E-state index contributed by atoms with van der Waals surface area (Å²) in [4.78, 5) is 2.62. The van der Waals surface area contributed by atoms with Gasteiger partial charge in [-0.2, -0.15) is 0 Å². The lowest BCUT2D eigenvalue weighted by molar-refractivity contribution is 0.0664. The van der Waals surface area contributed by atoms with E-state index in [0.29, 0.717) is 17.7 Å². The van der Waals surface area contributed by atoms with E-state index in [-0.39, 0.29) is 5.54 Å². The van der Waals surface area contributed by atoms with Gasteiger partial charge in [-0.25, -0.2) is 0 Å². The number of hydrogen-bond donors (Lipinski definition) is 2. The van der Waals surface area contributed by atoms with Crippen LogP contribution in [0.25, 0.3) is 0 Å². The number of aromatic hydroxyl groups is 1. The van der Waals surface area contributed by atoms with Gasteiger partial charge in [0, 0.05) is 31.2 Å². The van der Waals surface area contributed by atoms with E-state index >= 15 is 0 Å². The van der Waals surface area contributed by atoms with E-state index in [1.165, 1.54) is 12.0 Å². The fraction of sp³-hybridized carbons (Fsp3) is 0.667. The minimum Gasteiger partial charge on any atom is -0.508 e. The van der Waals surface area contributed by atoms with Gasteiger partial charge in [-0.15, -0.1) is 0 Å². The molecule has 1 saturated heterocycles. The summed E-state index contributed by atoms with van der Waals surface area (Å²) in [5, 5.41) is 13.2. The van der Waals surface area contributed by atoms with Gasteiger partial charge in [0.15, 0.2) is 0 Å². The first-order valence-electron chi connectivity index (χ1n) is 8.19. The van der Waals surface area contributed by atoms with Crippen LogP contribution in [0.5, 0.6) is 5.75 Å². The third-order valence-electron chi connectivity index (χ3n) is 4.68. The van der Waals surface area contributed by atoms with Crippen molar-refractivity contribution in [1.82, 2.24) is 10.2 Å². The van der Waals surface area contributed by atoms with E-state index in [1.807, 2.05) is 12.1 Å². The molecule has 118 valence electrons. The Morgan fingerprint density at radius 3 is 2.57 bits per heavy atom. The van der Waals surface area contributed by atoms with E-state index in [9.17, 15) is 5.11 Å². The Hall–Kier alpha value is -1.06. The number of phenolic OH excluding ortho intramolecular Hbond substituents is 1. The number of nitrogens with one attached hydrogen (secondary N) is 1. The summed E-state index contributed by atoms with van der Waals surface area (Å²) in [6.45, 7) is 12.3. The minimum atomic E-state index is 0.213. The summed E-state index contributed by atoms with van der Waals surface area (Å²) in [6.07, 6.45) is 2.37. The predicted octanol–water partition coefficient (Wildman–Crippen LogP) is 3.38. The maximum atomic E-state index is 9.43. The van der Waals surface area contributed by atoms with Gasteiger partial charge in [0.25, 0.3) is 0 Å². The summed E-state index contributed by atoms with van der Waals surface area (Å²) < 4.78 is 0. The topological polar surface area (TPSA) is 35.5 Å². The highest BCUT2D eigenvalue weighted by atomic mass is 16.3. The molecule has 0 aliphatic carbocycles. The van der Waals surface area contributed by atoms with Crippen molar-refractivity contribution in [2.75, 3.05) is 13.1 Å². The number of hydrogen-bond acceptors (Lipinski definition) is 3. The highest BCUT2D eigenvalue weighted by molar-refractivity contribution is 5.26. The van der Waals surface area contributed by atoms with Gasteiger partial charge < -0.3 is 10.4 Å². The second kappa shape index (κ2) is 6.80. The third-order valence-corrected chi connectivity index (χ3v) is 4.68. The summed E-state index contributed by atoms with van der Waals surface area (Å²) >= 11 is 0. The van der Waals surface area contributed by atoms with Crippen LogP contribution < -0.4 is 5.32 Å². The fourth-order valence-corrected chi connectivity index (χ4v) is 3.16. The van der Waals surface area contributed by atoms with Crippen LogP contribution in [0.4, 0.5) is 0 Å². The average Bonchev–Trinajstić information content (AvgIpc) is 2.44. The third kappa shape index (κ3) is 4.45. The maximum absolute atomic E-state index is 9.43. The molecule has 1 aromatic rings. The van der Waals surface area contributed by atoms with Crippen molar-refractivity contribution in [3.8, 4) is 5.75 Å². The van der Waals surface area contributed by atoms with Gasteiger partial charge in [0.05, 0.1) is 0 Å². The molecule has 0 bridgehead atoms. The van der Waals surface area contributed by atoms with Crippen LogP contribution in [0.3, 0.4) is 0 Å². The molecule has 1 heterocycles. The quantitative estimate of drug-likeness (QED) is 0.872. The van der Waals surface area contributed by atoms with Crippen molar-refractivity contribution in [1.29, 1.82) is 0 Å². The molecule has 3 nitrogen and oxygen atoms in total.